The number of halogens is 3. The summed E-state index contributed by atoms with van der Waals surface area (Å²) in [6.07, 6.45) is 1.12. The van der Waals surface area contributed by atoms with Crippen molar-refractivity contribution >= 4 is 47.8 Å². The first-order valence-electron chi connectivity index (χ1n) is 4.81. The van der Waals surface area contributed by atoms with Gasteiger partial charge in [-0.1, -0.05) is 38.8 Å². The molecule has 1 nitrogen and oxygen atoms in total. The van der Waals surface area contributed by atoms with Crippen LogP contribution in [0, 0.1) is 5.92 Å². The zero-order valence-corrected chi connectivity index (χ0v) is 13.2. The van der Waals surface area contributed by atoms with Crippen molar-refractivity contribution in [1.29, 1.82) is 0 Å². The van der Waals surface area contributed by atoms with Gasteiger partial charge in [0.1, 0.15) is 5.75 Å². The molecule has 0 radical (unpaired) electrons. The van der Waals surface area contributed by atoms with Crippen molar-refractivity contribution in [2.45, 2.75) is 13.3 Å². The number of benzene rings is 1. The van der Waals surface area contributed by atoms with E-state index < -0.39 is 0 Å². The second-order valence-electron chi connectivity index (χ2n) is 3.31. The van der Waals surface area contributed by atoms with Crippen LogP contribution in [-0.2, 0) is 0 Å². The van der Waals surface area contributed by atoms with Gasteiger partial charge in [0.2, 0.25) is 0 Å². The number of hydrogen-bond donors (Lipinski definition) is 0. The van der Waals surface area contributed by atoms with Crippen molar-refractivity contribution in [3.63, 3.8) is 0 Å². The highest BCUT2D eigenvalue weighted by Crippen LogP contribution is 2.28. The molecule has 0 aliphatic heterocycles. The maximum absolute atomic E-state index is 5.74. The fraction of sp³-hybridized carbons (Fsp3) is 0.455. The topological polar surface area (TPSA) is 9.23 Å². The Morgan fingerprint density at radius 2 is 2.07 bits per heavy atom. The smallest absolute Gasteiger partial charge is 0.133 e. The molecule has 15 heavy (non-hydrogen) atoms. The molecule has 1 rings (SSSR count). The predicted octanol–water partition coefficient (Wildman–Crippen LogP) is 5.01. The fourth-order valence-corrected chi connectivity index (χ4v) is 2.88. The molecule has 0 bridgehead atoms. The highest BCUT2D eigenvalue weighted by molar-refractivity contribution is 9.11. The summed E-state index contributed by atoms with van der Waals surface area (Å²) in [6.45, 7) is 2.92. The molecule has 0 saturated carbocycles. The van der Waals surface area contributed by atoms with Crippen molar-refractivity contribution in [3.8, 4) is 5.75 Å². The zero-order valence-electron chi connectivity index (χ0n) is 8.47. The molecule has 0 saturated heterocycles. The van der Waals surface area contributed by atoms with Crippen LogP contribution in [0.2, 0.25) is 0 Å². The van der Waals surface area contributed by atoms with Crippen LogP contribution in [0.5, 0.6) is 5.75 Å². The summed E-state index contributed by atoms with van der Waals surface area (Å²) < 4.78 is 7.78. The molecule has 84 valence electrons. The molecule has 0 aliphatic carbocycles. The lowest BCUT2D eigenvalue weighted by molar-refractivity contribution is 0.258. The second kappa shape index (κ2) is 6.92. The van der Waals surface area contributed by atoms with Crippen LogP contribution in [-0.4, -0.2) is 11.9 Å². The molecular formula is C11H13Br3O. The summed E-state index contributed by atoms with van der Waals surface area (Å²) in [5, 5.41) is 0.984. The third-order valence-electron chi connectivity index (χ3n) is 2.16. The van der Waals surface area contributed by atoms with E-state index in [9.17, 15) is 0 Å². The average molecular weight is 401 g/mol. The van der Waals surface area contributed by atoms with Crippen molar-refractivity contribution < 1.29 is 4.74 Å². The lowest BCUT2D eigenvalue weighted by Crippen LogP contribution is -2.12. The number of rotatable bonds is 5. The standard InChI is InChI=1S/C11H13Br3O/c1-2-8(6-12)7-15-11-4-3-9(13)5-10(11)14/h3-5,8H,2,6-7H2,1H3. The van der Waals surface area contributed by atoms with Crippen molar-refractivity contribution in [1.82, 2.24) is 0 Å². The average Bonchev–Trinajstić information content (AvgIpc) is 2.22. The number of ether oxygens (including phenoxy) is 1. The van der Waals surface area contributed by atoms with Crippen LogP contribution in [0.25, 0.3) is 0 Å². The van der Waals surface area contributed by atoms with Gasteiger partial charge < -0.3 is 4.74 Å². The summed E-state index contributed by atoms with van der Waals surface area (Å²) in [7, 11) is 0. The lowest BCUT2D eigenvalue weighted by Gasteiger charge is -2.14. The molecule has 1 aromatic carbocycles. The van der Waals surface area contributed by atoms with Gasteiger partial charge in [0.15, 0.2) is 0 Å². The Morgan fingerprint density at radius 1 is 1.33 bits per heavy atom. The van der Waals surface area contributed by atoms with E-state index in [0.29, 0.717) is 5.92 Å². The molecule has 4 heteroatoms. The summed E-state index contributed by atoms with van der Waals surface area (Å²) >= 11 is 10.4. The Balaban J connectivity index is 2.57. The molecule has 0 aromatic heterocycles. The van der Waals surface area contributed by atoms with Gasteiger partial charge in [-0.05, 0) is 40.5 Å². The molecule has 0 N–H and O–H groups in total. The molecule has 1 unspecified atom stereocenters. The molecule has 0 heterocycles. The molecule has 1 atom stereocenters. The first-order chi connectivity index (χ1) is 7.17. The quantitative estimate of drug-likeness (QED) is 0.631. The van der Waals surface area contributed by atoms with Crippen LogP contribution in [0.1, 0.15) is 13.3 Å². The maximum atomic E-state index is 5.74. The van der Waals surface area contributed by atoms with Gasteiger partial charge in [0.25, 0.3) is 0 Å². The lowest BCUT2D eigenvalue weighted by atomic mass is 10.1. The monoisotopic (exact) mass is 398 g/mol. The third kappa shape index (κ3) is 4.45. The van der Waals surface area contributed by atoms with Crippen molar-refractivity contribution in [2.75, 3.05) is 11.9 Å². The van der Waals surface area contributed by atoms with Crippen molar-refractivity contribution in [3.05, 3.63) is 27.1 Å². The highest BCUT2D eigenvalue weighted by atomic mass is 79.9. The Morgan fingerprint density at radius 3 is 2.60 bits per heavy atom. The summed E-state index contributed by atoms with van der Waals surface area (Å²) in [5.41, 5.74) is 0. The van der Waals surface area contributed by atoms with Gasteiger partial charge in [-0.25, -0.2) is 0 Å². The van der Waals surface area contributed by atoms with Gasteiger partial charge in [-0.15, -0.1) is 0 Å². The number of alkyl halides is 1. The zero-order chi connectivity index (χ0) is 11.3. The highest BCUT2D eigenvalue weighted by Gasteiger charge is 2.07. The minimum Gasteiger partial charge on any atom is -0.492 e. The molecule has 0 amide bonds. The largest absolute Gasteiger partial charge is 0.492 e. The van der Waals surface area contributed by atoms with E-state index in [1.165, 1.54) is 0 Å². The predicted molar refractivity (Wildman–Crippen MR) is 74.9 cm³/mol. The van der Waals surface area contributed by atoms with Crippen LogP contribution in [0.3, 0.4) is 0 Å². The van der Waals surface area contributed by atoms with E-state index in [0.717, 1.165) is 33.1 Å². The van der Waals surface area contributed by atoms with E-state index >= 15 is 0 Å². The van der Waals surface area contributed by atoms with E-state index in [4.69, 9.17) is 4.74 Å². The Labute approximate surface area is 116 Å². The van der Waals surface area contributed by atoms with Crippen LogP contribution in [0.15, 0.2) is 27.1 Å². The molecule has 1 aromatic rings. The summed E-state index contributed by atoms with van der Waals surface area (Å²) in [4.78, 5) is 0. The van der Waals surface area contributed by atoms with Crippen LogP contribution < -0.4 is 4.74 Å². The Hall–Kier alpha value is 0.460. The van der Waals surface area contributed by atoms with Gasteiger partial charge >= 0.3 is 0 Å². The summed E-state index contributed by atoms with van der Waals surface area (Å²) in [6, 6.07) is 5.94. The van der Waals surface area contributed by atoms with E-state index in [2.05, 4.69) is 54.7 Å². The third-order valence-corrected chi connectivity index (χ3v) is 4.19. The van der Waals surface area contributed by atoms with Gasteiger partial charge in [-0.3, -0.25) is 0 Å². The SMILES string of the molecule is CCC(CBr)COc1ccc(Br)cc1Br. The summed E-state index contributed by atoms with van der Waals surface area (Å²) in [5.74, 6) is 1.47. The normalized spacial score (nSPS) is 12.5. The van der Waals surface area contributed by atoms with E-state index in [-0.39, 0.29) is 0 Å². The molecule has 0 spiro atoms. The van der Waals surface area contributed by atoms with Gasteiger partial charge in [0, 0.05) is 15.7 Å². The van der Waals surface area contributed by atoms with Crippen LogP contribution >= 0.6 is 47.8 Å². The minimum absolute atomic E-state index is 0.570. The first kappa shape index (κ1) is 13.5. The minimum atomic E-state index is 0.570. The van der Waals surface area contributed by atoms with Crippen molar-refractivity contribution in [2.24, 2.45) is 5.92 Å². The van der Waals surface area contributed by atoms with E-state index in [1.807, 2.05) is 18.2 Å². The number of hydrogen-bond acceptors (Lipinski definition) is 1. The van der Waals surface area contributed by atoms with Gasteiger partial charge in [-0.2, -0.15) is 0 Å². The molecule has 0 fully saturated rings. The maximum Gasteiger partial charge on any atom is 0.133 e. The molecular weight excluding hydrogens is 388 g/mol. The molecule has 0 aliphatic rings. The Kier molecular flexibility index (Phi) is 6.24. The Bertz CT molecular complexity index is 311. The fourth-order valence-electron chi connectivity index (χ4n) is 1.07. The van der Waals surface area contributed by atoms with Gasteiger partial charge in [0.05, 0.1) is 11.1 Å². The first-order valence-corrected chi connectivity index (χ1v) is 7.52. The second-order valence-corrected chi connectivity index (χ2v) is 5.73. The van der Waals surface area contributed by atoms with E-state index in [1.54, 1.807) is 0 Å². The van der Waals surface area contributed by atoms with Crippen LogP contribution in [0.4, 0.5) is 0 Å².